The molecule has 238 valence electrons. The topological polar surface area (TPSA) is 183 Å². The van der Waals surface area contributed by atoms with E-state index in [2.05, 4.69) is 31.6 Å². The molecule has 1 aromatic heterocycles. The Labute approximate surface area is 256 Å². The summed E-state index contributed by atoms with van der Waals surface area (Å²) in [6.45, 7) is 0.557. The Morgan fingerprint density at radius 3 is 2.55 bits per heavy atom. The lowest BCUT2D eigenvalue weighted by atomic mass is 9.84. The molecule has 0 radical (unpaired) electrons. The van der Waals surface area contributed by atoms with Crippen LogP contribution in [0.2, 0.25) is 0 Å². The molecule has 2 bridgehead atoms. The molecule has 2 aliphatic rings. The van der Waals surface area contributed by atoms with Gasteiger partial charge in [0.2, 0.25) is 17.7 Å². The van der Waals surface area contributed by atoms with Gasteiger partial charge in [-0.05, 0) is 24.3 Å². The van der Waals surface area contributed by atoms with Gasteiger partial charge in [0, 0.05) is 25.6 Å². The van der Waals surface area contributed by atoms with Crippen molar-refractivity contribution in [1.82, 2.24) is 36.3 Å². The first-order chi connectivity index (χ1) is 21.3. The van der Waals surface area contributed by atoms with Gasteiger partial charge < -0.3 is 30.7 Å². The zero-order valence-electron chi connectivity index (χ0n) is 25.0. The quantitative estimate of drug-likeness (QED) is 0.348. The zero-order chi connectivity index (χ0) is 31.3. The summed E-state index contributed by atoms with van der Waals surface area (Å²) in [6.07, 6.45) is 6.13. The largest absolute Gasteiger partial charge is 0.467 e. The third kappa shape index (κ3) is 10.1. The van der Waals surface area contributed by atoms with Crippen LogP contribution in [0.15, 0.2) is 36.5 Å². The predicted octanol–water partition coefficient (Wildman–Crippen LogP) is 1.14. The number of rotatable bonds is 6. The van der Waals surface area contributed by atoms with Crippen molar-refractivity contribution in [2.45, 2.75) is 89.1 Å². The number of fused-ring (bicyclic) bond motifs is 2. The number of nitrogens with zero attached hydrogens (tertiary/aromatic N) is 3. The van der Waals surface area contributed by atoms with Gasteiger partial charge in [0.05, 0.1) is 19.3 Å². The van der Waals surface area contributed by atoms with E-state index in [1.807, 2.05) is 30.3 Å². The molecule has 1 fully saturated rings. The minimum Gasteiger partial charge on any atom is -0.467 e. The number of esters is 1. The highest BCUT2D eigenvalue weighted by molar-refractivity contribution is 5.93. The molecule has 4 N–H and O–H groups in total. The van der Waals surface area contributed by atoms with Gasteiger partial charge in [-0.25, -0.2) is 9.59 Å². The number of hydrogen-bond acceptors (Lipinski definition) is 9. The molecular weight excluding hydrogens is 570 g/mol. The van der Waals surface area contributed by atoms with Crippen LogP contribution in [-0.4, -0.2) is 76.6 Å². The Kier molecular flexibility index (Phi) is 12.1. The molecule has 2 aromatic rings. The Morgan fingerprint density at radius 1 is 1.02 bits per heavy atom. The molecule has 1 aliphatic carbocycles. The van der Waals surface area contributed by atoms with Gasteiger partial charge in [-0.1, -0.05) is 67.6 Å². The molecule has 4 rings (SSSR count). The molecule has 14 nitrogen and oxygen atoms in total. The third-order valence-electron chi connectivity index (χ3n) is 7.87. The first kappa shape index (κ1) is 32.4. The lowest BCUT2D eigenvalue weighted by molar-refractivity contribution is -0.145. The molecule has 0 spiro atoms. The van der Waals surface area contributed by atoms with E-state index in [0.29, 0.717) is 18.7 Å². The molecule has 4 amide bonds. The molecule has 44 heavy (non-hydrogen) atoms. The fourth-order valence-corrected chi connectivity index (χ4v) is 5.46. The SMILES string of the molecule is COC(=O)[C@@H]1CCC(=O)NCCn2cc(nn2)C[C@H](NC(=O)OCc2ccccc2)C(=O)N[C@@H](CC2CCCCC2)C(=O)N1. The maximum Gasteiger partial charge on any atom is 0.408 e. The lowest BCUT2D eigenvalue weighted by Gasteiger charge is -2.29. The summed E-state index contributed by atoms with van der Waals surface area (Å²) in [5.74, 6) is -1.98. The molecule has 3 atom stereocenters. The smallest absolute Gasteiger partial charge is 0.408 e. The average Bonchev–Trinajstić information content (AvgIpc) is 3.48. The zero-order valence-corrected chi connectivity index (χ0v) is 25.0. The molecule has 1 saturated carbocycles. The first-order valence-electron chi connectivity index (χ1n) is 15.1. The number of methoxy groups -OCH3 is 1. The van der Waals surface area contributed by atoms with Crippen LogP contribution < -0.4 is 21.3 Å². The molecular formula is C30H41N7O7. The number of aromatic nitrogens is 3. The van der Waals surface area contributed by atoms with Crippen LogP contribution in [0.3, 0.4) is 0 Å². The van der Waals surface area contributed by atoms with Gasteiger partial charge in [0.1, 0.15) is 24.7 Å². The van der Waals surface area contributed by atoms with Crippen LogP contribution in [0, 0.1) is 5.92 Å². The van der Waals surface area contributed by atoms with Crippen molar-refractivity contribution in [2.24, 2.45) is 5.92 Å². The highest BCUT2D eigenvalue weighted by atomic mass is 16.5. The van der Waals surface area contributed by atoms with Gasteiger partial charge in [0.25, 0.3) is 0 Å². The van der Waals surface area contributed by atoms with Crippen molar-refractivity contribution in [3.63, 3.8) is 0 Å². The molecule has 1 aromatic carbocycles. The number of carbonyl (C=O) groups is 5. The summed E-state index contributed by atoms with van der Waals surface area (Å²) < 4.78 is 11.8. The predicted molar refractivity (Wildman–Crippen MR) is 157 cm³/mol. The first-order valence-corrected chi connectivity index (χ1v) is 15.1. The number of carbonyl (C=O) groups excluding carboxylic acids is 5. The Bertz CT molecular complexity index is 1280. The summed E-state index contributed by atoms with van der Waals surface area (Å²) in [6, 6.07) is 5.90. The monoisotopic (exact) mass is 611 g/mol. The maximum atomic E-state index is 13.7. The minimum atomic E-state index is -1.14. The summed E-state index contributed by atoms with van der Waals surface area (Å²) in [4.78, 5) is 65.2. The van der Waals surface area contributed by atoms with E-state index >= 15 is 0 Å². The number of benzene rings is 1. The van der Waals surface area contributed by atoms with E-state index in [9.17, 15) is 24.0 Å². The maximum absolute atomic E-state index is 13.7. The fraction of sp³-hybridized carbons (Fsp3) is 0.567. The van der Waals surface area contributed by atoms with E-state index in [1.54, 1.807) is 6.20 Å². The summed E-state index contributed by atoms with van der Waals surface area (Å²) >= 11 is 0. The number of alkyl carbamates (subject to hydrolysis) is 1. The van der Waals surface area contributed by atoms with Crippen molar-refractivity contribution in [3.8, 4) is 0 Å². The van der Waals surface area contributed by atoms with Gasteiger partial charge in [0.15, 0.2) is 0 Å². The van der Waals surface area contributed by atoms with Crippen LogP contribution in [0.1, 0.15) is 62.6 Å². The number of hydrogen-bond donors (Lipinski definition) is 4. The minimum absolute atomic E-state index is 0.00451. The van der Waals surface area contributed by atoms with Gasteiger partial charge in [-0.15, -0.1) is 5.10 Å². The van der Waals surface area contributed by atoms with Crippen LogP contribution >= 0.6 is 0 Å². The van der Waals surface area contributed by atoms with Crippen molar-refractivity contribution in [3.05, 3.63) is 47.8 Å². The standard InChI is InChI=1S/C30H41N7O7/c1-43-29(41)23-12-13-26(38)31-14-15-37-18-22(35-36-37)17-25(34-30(42)44-19-21-10-6-3-7-11-21)28(40)33-24(27(39)32-23)16-20-8-4-2-5-9-20/h3,6-7,10-11,18,20,23-25H,2,4-5,8-9,12-17,19H2,1H3,(H,31,38)(H,32,39)(H,33,40)(H,34,42)/t23-,24-,25-/m0/s1. The van der Waals surface area contributed by atoms with Crippen LogP contribution in [-0.2, 0) is 48.2 Å². The Hall–Kier alpha value is -4.49. The van der Waals surface area contributed by atoms with Crippen LogP contribution in [0.4, 0.5) is 4.79 Å². The second-order valence-corrected chi connectivity index (χ2v) is 11.2. The number of nitrogens with one attached hydrogen (secondary N) is 4. The molecule has 0 unspecified atom stereocenters. The van der Waals surface area contributed by atoms with Gasteiger partial charge in [-0.2, -0.15) is 0 Å². The van der Waals surface area contributed by atoms with Crippen LogP contribution in [0.5, 0.6) is 0 Å². The molecule has 14 heteroatoms. The highest BCUT2D eigenvalue weighted by Gasteiger charge is 2.33. The molecule has 2 heterocycles. The van der Waals surface area contributed by atoms with Crippen molar-refractivity contribution < 1.29 is 33.4 Å². The normalized spacial score (nSPS) is 22.5. The van der Waals surface area contributed by atoms with E-state index in [4.69, 9.17) is 9.47 Å². The Balaban J connectivity index is 1.56. The molecule has 0 saturated heterocycles. The van der Waals surface area contributed by atoms with Gasteiger partial charge in [-0.3, -0.25) is 19.1 Å². The summed E-state index contributed by atoms with van der Waals surface area (Å²) in [7, 11) is 1.21. The van der Waals surface area contributed by atoms with Gasteiger partial charge >= 0.3 is 12.1 Å². The summed E-state index contributed by atoms with van der Waals surface area (Å²) in [5.41, 5.74) is 1.20. The highest BCUT2D eigenvalue weighted by Crippen LogP contribution is 2.27. The lowest BCUT2D eigenvalue weighted by Crippen LogP contribution is -2.57. The van der Waals surface area contributed by atoms with Crippen molar-refractivity contribution in [1.29, 1.82) is 0 Å². The summed E-state index contributed by atoms with van der Waals surface area (Å²) in [5, 5.41) is 19.1. The number of amides is 4. The Morgan fingerprint density at radius 2 is 1.80 bits per heavy atom. The average molecular weight is 612 g/mol. The van der Waals surface area contributed by atoms with E-state index in [0.717, 1.165) is 37.7 Å². The number of ether oxygens (including phenoxy) is 2. The van der Waals surface area contributed by atoms with E-state index in [1.165, 1.54) is 11.8 Å². The second-order valence-electron chi connectivity index (χ2n) is 11.2. The third-order valence-corrected chi connectivity index (χ3v) is 7.87. The second kappa shape index (κ2) is 16.4. The van der Waals surface area contributed by atoms with Crippen LogP contribution in [0.25, 0.3) is 0 Å². The van der Waals surface area contributed by atoms with E-state index in [-0.39, 0.29) is 44.2 Å². The van der Waals surface area contributed by atoms with E-state index < -0.39 is 42.0 Å². The molecule has 1 aliphatic heterocycles. The van der Waals surface area contributed by atoms with Crippen molar-refractivity contribution in [2.75, 3.05) is 13.7 Å². The fourth-order valence-electron chi connectivity index (χ4n) is 5.46. The van der Waals surface area contributed by atoms with Crippen molar-refractivity contribution >= 4 is 29.8 Å².